The van der Waals surface area contributed by atoms with E-state index >= 15 is 0 Å². The predicted molar refractivity (Wildman–Crippen MR) is 86.5 cm³/mol. The Morgan fingerprint density at radius 3 is 2.22 bits per heavy atom. The van der Waals surface area contributed by atoms with Gasteiger partial charge in [-0.05, 0) is 17.7 Å². The molecule has 0 saturated heterocycles. The van der Waals surface area contributed by atoms with Crippen LogP contribution in [0.2, 0.25) is 0 Å². The highest BCUT2D eigenvalue weighted by atomic mass is 35.5. The zero-order valence-corrected chi connectivity index (χ0v) is 14.1. The fourth-order valence-electron chi connectivity index (χ4n) is 1.86. The van der Waals surface area contributed by atoms with E-state index in [2.05, 4.69) is 4.99 Å². The average Bonchev–Trinajstić information content (AvgIpc) is 2.42. The van der Waals surface area contributed by atoms with Crippen molar-refractivity contribution < 1.29 is 24.7 Å². The standard InChI is InChI=1S/C14H21N3O5.ClH/c1-17(2,3)8-13(19)15-12(9-18)14(20)10-4-6-11(7-5-10)16(21)22;/h4-7,12,14,18,20H,8-9H2,1-3H3;1H. The maximum atomic E-state index is 11.8. The number of halogens is 1. The van der Waals surface area contributed by atoms with Gasteiger partial charge in [0.2, 0.25) is 0 Å². The molecule has 0 spiro atoms. The van der Waals surface area contributed by atoms with Gasteiger partial charge in [-0.3, -0.25) is 15.1 Å². The predicted octanol–water partition coefficient (Wildman–Crippen LogP) is -0.124. The lowest BCUT2D eigenvalue weighted by molar-refractivity contribution is -0.863. The molecule has 0 bridgehead atoms. The summed E-state index contributed by atoms with van der Waals surface area (Å²) in [6.07, 6.45) is -1.21. The van der Waals surface area contributed by atoms with Gasteiger partial charge in [-0.15, -0.1) is 12.4 Å². The van der Waals surface area contributed by atoms with Crippen molar-refractivity contribution in [3.8, 4) is 0 Å². The number of non-ortho nitro benzene ring substituents is 1. The molecule has 0 heterocycles. The molecule has 0 aliphatic heterocycles. The molecule has 8 nitrogen and oxygen atoms in total. The molecule has 0 amide bonds. The molecular formula is C14H22ClN3O5. The van der Waals surface area contributed by atoms with Gasteiger partial charge in [0.05, 0.1) is 32.7 Å². The lowest BCUT2D eigenvalue weighted by Gasteiger charge is -2.28. The molecule has 0 aliphatic carbocycles. The SMILES string of the molecule is C[N+](C)(C)CC([O-])=NC(CO)C(O)c1ccc([N+](=O)[O-])cc1.Cl. The van der Waals surface area contributed by atoms with Gasteiger partial charge in [-0.2, -0.15) is 0 Å². The number of hydrogen-bond acceptors (Lipinski definition) is 6. The Kier molecular flexibility index (Phi) is 8.11. The molecule has 2 unspecified atom stereocenters. The maximum Gasteiger partial charge on any atom is 0.269 e. The summed E-state index contributed by atoms with van der Waals surface area (Å²) in [4.78, 5) is 13.9. The van der Waals surface area contributed by atoms with E-state index in [1.807, 2.05) is 21.1 Å². The highest BCUT2D eigenvalue weighted by Gasteiger charge is 2.20. The number of quaternary nitrogens is 1. The number of aliphatic imine (C=N–C) groups is 1. The first-order valence-electron chi connectivity index (χ1n) is 6.71. The first-order chi connectivity index (χ1) is 10.1. The van der Waals surface area contributed by atoms with Crippen LogP contribution in [0.15, 0.2) is 29.3 Å². The van der Waals surface area contributed by atoms with Crippen molar-refractivity contribution in [2.45, 2.75) is 12.1 Å². The van der Waals surface area contributed by atoms with E-state index in [1.165, 1.54) is 24.3 Å². The summed E-state index contributed by atoms with van der Waals surface area (Å²) in [5, 5.41) is 41.9. The molecule has 0 aromatic heterocycles. The maximum absolute atomic E-state index is 11.8. The number of likely N-dealkylation sites (N-methyl/N-ethyl adjacent to an activating group) is 1. The van der Waals surface area contributed by atoms with E-state index in [1.54, 1.807) is 0 Å². The molecular weight excluding hydrogens is 326 g/mol. The Morgan fingerprint density at radius 2 is 1.83 bits per heavy atom. The lowest BCUT2D eigenvalue weighted by Crippen LogP contribution is -2.44. The molecule has 9 heteroatoms. The number of nitrogens with zero attached hydrogens (tertiary/aromatic N) is 3. The third kappa shape index (κ3) is 6.91. The Labute approximate surface area is 140 Å². The van der Waals surface area contributed by atoms with E-state index < -0.39 is 29.6 Å². The van der Waals surface area contributed by atoms with Gasteiger partial charge in [0.1, 0.15) is 18.7 Å². The molecule has 0 saturated carbocycles. The normalized spacial score (nSPS) is 14.7. The van der Waals surface area contributed by atoms with Crippen molar-refractivity contribution >= 4 is 24.0 Å². The number of aliphatic hydroxyl groups is 2. The smallest absolute Gasteiger partial charge is 0.269 e. The summed E-state index contributed by atoms with van der Waals surface area (Å²) in [5.74, 6) is -0.424. The Bertz CT molecular complexity index is 542. The number of benzene rings is 1. The zero-order chi connectivity index (χ0) is 16.9. The van der Waals surface area contributed by atoms with E-state index in [9.17, 15) is 25.4 Å². The second-order valence-corrected chi connectivity index (χ2v) is 6.01. The molecule has 130 valence electrons. The minimum absolute atomic E-state index is 0. The molecule has 0 aliphatic rings. The van der Waals surface area contributed by atoms with Gasteiger partial charge in [0.15, 0.2) is 0 Å². The van der Waals surface area contributed by atoms with Crippen LogP contribution in [0.5, 0.6) is 0 Å². The lowest BCUT2D eigenvalue weighted by atomic mass is 10.0. The number of nitro benzene ring substituents is 1. The van der Waals surface area contributed by atoms with E-state index in [4.69, 9.17) is 0 Å². The van der Waals surface area contributed by atoms with Crippen LogP contribution < -0.4 is 5.11 Å². The van der Waals surface area contributed by atoms with Crippen LogP contribution in [0.1, 0.15) is 11.7 Å². The van der Waals surface area contributed by atoms with Crippen molar-refractivity contribution in [2.24, 2.45) is 4.99 Å². The minimum Gasteiger partial charge on any atom is -0.858 e. The monoisotopic (exact) mass is 347 g/mol. The van der Waals surface area contributed by atoms with Crippen LogP contribution in [0, 0.1) is 10.1 Å². The average molecular weight is 348 g/mol. The van der Waals surface area contributed by atoms with Gasteiger partial charge in [-0.1, -0.05) is 0 Å². The Morgan fingerprint density at radius 1 is 1.30 bits per heavy atom. The third-order valence-corrected chi connectivity index (χ3v) is 2.92. The molecule has 2 atom stereocenters. The second-order valence-electron chi connectivity index (χ2n) is 6.01. The summed E-state index contributed by atoms with van der Waals surface area (Å²) < 4.78 is 0.383. The summed E-state index contributed by atoms with van der Waals surface area (Å²) in [5.41, 5.74) is 0.251. The van der Waals surface area contributed by atoms with Gasteiger partial charge >= 0.3 is 0 Å². The van der Waals surface area contributed by atoms with Crippen molar-refractivity contribution in [3.05, 3.63) is 39.9 Å². The number of nitro groups is 1. The van der Waals surface area contributed by atoms with Crippen molar-refractivity contribution in [2.75, 3.05) is 34.3 Å². The third-order valence-electron chi connectivity index (χ3n) is 2.92. The highest BCUT2D eigenvalue weighted by molar-refractivity contribution is 5.85. The fraction of sp³-hybridized carbons (Fsp3) is 0.500. The van der Waals surface area contributed by atoms with Crippen LogP contribution >= 0.6 is 12.4 Å². The first-order valence-corrected chi connectivity index (χ1v) is 6.71. The summed E-state index contributed by atoms with van der Waals surface area (Å²) in [6.45, 7) is -0.357. The largest absolute Gasteiger partial charge is 0.858 e. The van der Waals surface area contributed by atoms with Gasteiger partial charge < -0.3 is 19.8 Å². The molecule has 1 rings (SSSR count). The summed E-state index contributed by atoms with van der Waals surface area (Å²) >= 11 is 0. The van der Waals surface area contributed by atoms with Crippen molar-refractivity contribution in [3.63, 3.8) is 0 Å². The Balaban J connectivity index is 0.00000484. The second kappa shape index (κ2) is 8.78. The molecule has 0 radical (unpaired) electrons. The quantitative estimate of drug-likeness (QED) is 0.234. The summed E-state index contributed by atoms with van der Waals surface area (Å²) in [7, 11) is 5.48. The zero-order valence-electron chi connectivity index (χ0n) is 13.2. The van der Waals surface area contributed by atoms with Crippen LogP contribution in [0.25, 0.3) is 0 Å². The van der Waals surface area contributed by atoms with Gasteiger partial charge in [0, 0.05) is 18.0 Å². The number of aliphatic hydroxyl groups excluding tert-OH is 2. The molecule has 23 heavy (non-hydrogen) atoms. The first kappa shape index (κ1) is 21.3. The van der Waals surface area contributed by atoms with E-state index in [-0.39, 0.29) is 24.6 Å². The molecule has 0 fully saturated rings. The molecule has 2 N–H and O–H groups in total. The van der Waals surface area contributed by atoms with Crippen LogP contribution in [0.4, 0.5) is 5.69 Å². The van der Waals surface area contributed by atoms with Crippen molar-refractivity contribution in [1.82, 2.24) is 0 Å². The van der Waals surface area contributed by atoms with E-state index in [0.29, 0.717) is 10.0 Å². The van der Waals surface area contributed by atoms with Crippen molar-refractivity contribution in [1.29, 1.82) is 0 Å². The minimum atomic E-state index is -1.21. The van der Waals surface area contributed by atoms with Gasteiger partial charge in [-0.25, -0.2) is 0 Å². The topological polar surface area (TPSA) is 119 Å². The summed E-state index contributed by atoms with van der Waals surface area (Å²) in [6, 6.07) is 4.26. The number of rotatable bonds is 7. The van der Waals surface area contributed by atoms with E-state index in [0.717, 1.165) is 0 Å². The van der Waals surface area contributed by atoms with Crippen LogP contribution in [-0.2, 0) is 0 Å². The molecule has 1 aromatic rings. The van der Waals surface area contributed by atoms with Crippen LogP contribution in [-0.4, -0.2) is 65.9 Å². The van der Waals surface area contributed by atoms with Gasteiger partial charge in [0.25, 0.3) is 5.69 Å². The molecule has 1 aromatic carbocycles. The highest BCUT2D eigenvalue weighted by Crippen LogP contribution is 2.22. The fourth-order valence-corrected chi connectivity index (χ4v) is 1.86. The van der Waals surface area contributed by atoms with Crippen LogP contribution in [0.3, 0.4) is 0 Å². The Hall–Kier alpha value is -1.74. The number of hydrogen-bond donors (Lipinski definition) is 2.